The van der Waals surface area contributed by atoms with Crippen LogP contribution in [0.4, 0.5) is 0 Å². The molecule has 22 heavy (non-hydrogen) atoms. The molecule has 2 saturated heterocycles. The second-order valence-corrected chi connectivity index (χ2v) is 7.08. The van der Waals surface area contributed by atoms with Gasteiger partial charge in [-0.3, -0.25) is 0 Å². The average Bonchev–Trinajstić information content (AvgIpc) is 2.58. The highest BCUT2D eigenvalue weighted by Crippen LogP contribution is 2.50. The van der Waals surface area contributed by atoms with Gasteiger partial charge in [0.15, 0.2) is 11.5 Å². The molecule has 3 aliphatic rings. The van der Waals surface area contributed by atoms with Crippen LogP contribution >= 0.6 is 0 Å². The third kappa shape index (κ3) is 2.29. The van der Waals surface area contributed by atoms with Crippen LogP contribution < -0.4 is 5.32 Å². The Kier molecular flexibility index (Phi) is 3.74. The summed E-state index contributed by atoms with van der Waals surface area (Å²) < 4.78 is 5.54. The molecule has 0 amide bonds. The maximum Gasteiger partial charge on any atom is 0.160 e. The lowest BCUT2D eigenvalue weighted by atomic mass is 9.61. The number of nitrogens with one attached hydrogen (secondary N) is 1. The summed E-state index contributed by atoms with van der Waals surface area (Å²) in [5.74, 6) is 2.59. The lowest BCUT2D eigenvalue weighted by Gasteiger charge is -2.46. The first kappa shape index (κ1) is 14.3. The Morgan fingerprint density at radius 1 is 1.05 bits per heavy atom. The lowest BCUT2D eigenvalue weighted by molar-refractivity contribution is 0.0224. The minimum Gasteiger partial charge on any atom is -0.504 e. The zero-order chi connectivity index (χ0) is 15.1. The molecule has 4 rings (SSSR count). The molecule has 4 heteroatoms. The van der Waals surface area contributed by atoms with Gasteiger partial charge in [-0.25, -0.2) is 0 Å². The zero-order valence-corrected chi connectivity index (χ0v) is 12.9. The highest BCUT2D eigenvalue weighted by atomic mass is 16.5. The van der Waals surface area contributed by atoms with E-state index in [0.717, 1.165) is 51.1 Å². The number of phenols is 2. The number of fused-ring (bicyclic) bond motifs is 3. The molecule has 0 aromatic heterocycles. The zero-order valence-electron chi connectivity index (χ0n) is 12.9. The Labute approximate surface area is 131 Å². The van der Waals surface area contributed by atoms with E-state index in [4.69, 9.17) is 4.74 Å². The second kappa shape index (κ2) is 5.74. The van der Waals surface area contributed by atoms with Crippen molar-refractivity contribution >= 4 is 0 Å². The molecule has 3 unspecified atom stereocenters. The summed E-state index contributed by atoms with van der Waals surface area (Å²) in [5, 5.41) is 23.8. The van der Waals surface area contributed by atoms with Crippen LogP contribution in [0.2, 0.25) is 0 Å². The molecule has 2 heterocycles. The molecule has 0 saturated carbocycles. The molecular weight excluding hydrogens is 278 g/mol. The van der Waals surface area contributed by atoms with Crippen LogP contribution in [-0.2, 0) is 11.2 Å². The molecule has 1 aliphatic carbocycles. The molecule has 1 aromatic rings. The number of phenolic OH excluding ortho intramolecular Hbond substituents is 2. The van der Waals surface area contributed by atoms with Crippen LogP contribution in [0.3, 0.4) is 0 Å². The van der Waals surface area contributed by atoms with E-state index in [0.29, 0.717) is 23.7 Å². The Balaban J connectivity index is 1.72. The van der Waals surface area contributed by atoms with Gasteiger partial charge in [-0.15, -0.1) is 0 Å². The Morgan fingerprint density at radius 3 is 2.68 bits per heavy atom. The molecule has 0 spiro atoms. The molecule has 1 aromatic carbocycles. The standard InChI is InChI=1S/C18H25NO3/c20-17-2-1-12-15(18(17)21)9-14(11-4-7-22-8-5-11)13-3-6-19-10-16(12)13/h1-2,11,13-14,16,19-21H,3-10H2. The highest BCUT2D eigenvalue weighted by molar-refractivity contribution is 5.52. The molecule has 3 N–H and O–H groups in total. The first-order chi connectivity index (χ1) is 10.8. The Bertz CT molecular complexity index is 554. The summed E-state index contributed by atoms with van der Waals surface area (Å²) in [6.45, 7) is 3.83. The third-order valence-electron chi connectivity index (χ3n) is 6.09. The van der Waals surface area contributed by atoms with E-state index in [9.17, 15) is 10.2 Å². The van der Waals surface area contributed by atoms with Gasteiger partial charge in [-0.2, -0.15) is 0 Å². The molecule has 3 atom stereocenters. The number of piperidine rings is 1. The maximum atomic E-state index is 10.4. The smallest absolute Gasteiger partial charge is 0.160 e. The minimum atomic E-state index is 0.0201. The van der Waals surface area contributed by atoms with Crippen LogP contribution in [0, 0.1) is 17.8 Å². The quantitative estimate of drug-likeness (QED) is 0.697. The average molecular weight is 303 g/mol. The number of rotatable bonds is 1. The predicted octanol–water partition coefficient (Wildman–Crippen LogP) is 2.39. The van der Waals surface area contributed by atoms with Gasteiger partial charge < -0.3 is 20.3 Å². The fourth-order valence-corrected chi connectivity index (χ4v) is 4.98. The van der Waals surface area contributed by atoms with Crippen molar-refractivity contribution in [3.05, 3.63) is 23.3 Å². The van der Waals surface area contributed by atoms with Crippen LogP contribution in [0.5, 0.6) is 11.5 Å². The summed E-state index contributed by atoms with van der Waals surface area (Å²) in [4.78, 5) is 0. The third-order valence-corrected chi connectivity index (χ3v) is 6.09. The highest BCUT2D eigenvalue weighted by Gasteiger charge is 2.42. The fourth-order valence-electron chi connectivity index (χ4n) is 4.98. The summed E-state index contributed by atoms with van der Waals surface area (Å²) in [6, 6.07) is 3.67. The van der Waals surface area contributed by atoms with Crippen molar-refractivity contribution in [2.24, 2.45) is 17.8 Å². The SMILES string of the molecule is Oc1ccc2c(c1O)CC(C1CCOCC1)C1CCNCC21. The fraction of sp³-hybridized carbons (Fsp3) is 0.667. The van der Waals surface area contributed by atoms with E-state index in [-0.39, 0.29) is 11.5 Å². The van der Waals surface area contributed by atoms with E-state index in [1.165, 1.54) is 12.0 Å². The molecule has 2 fully saturated rings. The summed E-state index contributed by atoms with van der Waals surface area (Å²) >= 11 is 0. The molecule has 0 bridgehead atoms. The van der Waals surface area contributed by atoms with Crippen molar-refractivity contribution in [2.45, 2.75) is 31.6 Å². The first-order valence-corrected chi connectivity index (χ1v) is 8.58. The second-order valence-electron chi connectivity index (χ2n) is 7.08. The van der Waals surface area contributed by atoms with Gasteiger partial charge >= 0.3 is 0 Å². The van der Waals surface area contributed by atoms with Crippen LogP contribution in [-0.4, -0.2) is 36.5 Å². The molecule has 120 valence electrons. The predicted molar refractivity (Wildman–Crippen MR) is 84.2 cm³/mol. The number of hydrogen-bond donors (Lipinski definition) is 3. The first-order valence-electron chi connectivity index (χ1n) is 8.58. The van der Waals surface area contributed by atoms with E-state index < -0.39 is 0 Å². The van der Waals surface area contributed by atoms with Crippen molar-refractivity contribution in [3.63, 3.8) is 0 Å². The normalized spacial score (nSPS) is 32.3. The number of ether oxygens (including phenoxy) is 1. The van der Waals surface area contributed by atoms with Crippen LogP contribution in [0.1, 0.15) is 36.3 Å². The molecule has 4 nitrogen and oxygen atoms in total. The van der Waals surface area contributed by atoms with Crippen molar-refractivity contribution in [1.29, 1.82) is 0 Å². The summed E-state index contributed by atoms with van der Waals surface area (Å²) in [6.07, 6.45) is 4.39. The number of aromatic hydroxyl groups is 2. The van der Waals surface area contributed by atoms with Gasteiger partial charge in [-0.05, 0) is 67.5 Å². The van der Waals surface area contributed by atoms with E-state index in [1.807, 2.05) is 6.07 Å². The topological polar surface area (TPSA) is 61.7 Å². The van der Waals surface area contributed by atoms with Crippen molar-refractivity contribution < 1.29 is 14.9 Å². The van der Waals surface area contributed by atoms with E-state index in [2.05, 4.69) is 5.32 Å². The maximum absolute atomic E-state index is 10.4. The largest absolute Gasteiger partial charge is 0.504 e. The summed E-state index contributed by atoms with van der Waals surface area (Å²) in [5.41, 5.74) is 2.23. The van der Waals surface area contributed by atoms with Crippen molar-refractivity contribution in [3.8, 4) is 11.5 Å². The van der Waals surface area contributed by atoms with Crippen molar-refractivity contribution in [2.75, 3.05) is 26.3 Å². The van der Waals surface area contributed by atoms with Gasteiger partial charge in [0.05, 0.1) is 0 Å². The van der Waals surface area contributed by atoms with E-state index >= 15 is 0 Å². The van der Waals surface area contributed by atoms with Crippen molar-refractivity contribution in [1.82, 2.24) is 5.32 Å². The number of hydrogen-bond acceptors (Lipinski definition) is 4. The van der Waals surface area contributed by atoms with Crippen LogP contribution in [0.25, 0.3) is 0 Å². The van der Waals surface area contributed by atoms with Gasteiger partial charge in [-0.1, -0.05) is 6.07 Å². The molecular formula is C18H25NO3. The molecule has 0 radical (unpaired) electrons. The van der Waals surface area contributed by atoms with Gasteiger partial charge in [0.2, 0.25) is 0 Å². The van der Waals surface area contributed by atoms with E-state index in [1.54, 1.807) is 6.07 Å². The van der Waals surface area contributed by atoms with Gasteiger partial charge in [0.25, 0.3) is 0 Å². The monoisotopic (exact) mass is 303 g/mol. The van der Waals surface area contributed by atoms with Gasteiger partial charge in [0, 0.05) is 25.3 Å². The number of benzene rings is 1. The van der Waals surface area contributed by atoms with Gasteiger partial charge in [0.1, 0.15) is 0 Å². The Hall–Kier alpha value is -1.26. The summed E-state index contributed by atoms with van der Waals surface area (Å²) in [7, 11) is 0. The Morgan fingerprint density at radius 2 is 1.86 bits per heavy atom. The molecule has 2 aliphatic heterocycles. The minimum absolute atomic E-state index is 0.0201. The lowest BCUT2D eigenvalue weighted by Crippen LogP contribution is -2.45. The van der Waals surface area contributed by atoms with Crippen LogP contribution in [0.15, 0.2) is 12.1 Å².